The number of halogens is 6. The third-order valence-electron chi connectivity index (χ3n) is 4.15. The molecule has 170 valence electrons. The van der Waals surface area contributed by atoms with Crippen LogP contribution < -0.4 is 15.5 Å². The second kappa shape index (κ2) is 9.29. The maximum Gasteiger partial charge on any atom is 0.433 e. The minimum Gasteiger partial charge on any atom is -0.453 e. The zero-order valence-electron chi connectivity index (χ0n) is 15.8. The minimum atomic E-state index is -5.02. The summed E-state index contributed by atoms with van der Waals surface area (Å²) in [6.45, 7) is -0.925. The number of hydrogen-bond donors (Lipinski definition) is 2. The molecule has 1 aromatic rings. The highest BCUT2D eigenvalue weighted by molar-refractivity contribution is 5.82. The van der Waals surface area contributed by atoms with E-state index in [0.29, 0.717) is 11.0 Å². The van der Waals surface area contributed by atoms with E-state index in [-0.39, 0.29) is 13.1 Å². The molecule has 2 rings (SSSR count). The summed E-state index contributed by atoms with van der Waals surface area (Å²) in [7, 11) is 1.11. The molecule has 0 saturated carbocycles. The Labute approximate surface area is 171 Å². The summed E-state index contributed by atoms with van der Waals surface area (Å²) in [5, 5.41) is 13.3. The van der Waals surface area contributed by atoms with Crippen molar-refractivity contribution in [1.29, 1.82) is 5.26 Å². The number of amides is 2. The second-order valence-electron chi connectivity index (χ2n) is 6.22. The van der Waals surface area contributed by atoms with Crippen molar-refractivity contribution < 1.29 is 45.4 Å². The number of nitrogens with one attached hydrogen (secondary N) is 2. The first-order valence-corrected chi connectivity index (χ1v) is 8.58. The van der Waals surface area contributed by atoms with E-state index in [1.54, 1.807) is 0 Å². The van der Waals surface area contributed by atoms with Crippen molar-refractivity contribution >= 4 is 17.7 Å². The first kappa shape index (κ1) is 24.1. The molecule has 1 fully saturated rings. The number of nitriles is 1. The molecule has 14 heteroatoms. The Hall–Kier alpha value is -3.21. The van der Waals surface area contributed by atoms with E-state index >= 15 is 0 Å². The van der Waals surface area contributed by atoms with E-state index in [1.807, 2.05) is 0 Å². The molecule has 2 amide bonds. The number of methoxy groups -OCH3 is 1. The molecule has 1 aliphatic rings. The van der Waals surface area contributed by atoms with Gasteiger partial charge in [0.05, 0.1) is 30.9 Å². The Bertz CT molecular complexity index is 868. The van der Waals surface area contributed by atoms with Gasteiger partial charge in [0.1, 0.15) is 0 Å². The Morgan fingerprint density at radius 2 is 1.87 bits per heavy atom. The fraction of sp³-hybridized carbons (Fsp3) is 0.471. The highest BCUT2D eigenvalue weighted by atomic mass is 19.4. The number of alkyl carbamates (subject to hydrolysis) is 1. The Kier molecular flexibility index (Phi) is 7.21. The zero-order valence-corrected chi connectivity index (χ0v) is 15.8. The van der Waals surface area contributed by atoms with Crippen molar-refractivity contribution in [3.05, 3.63) is 29.3 Å². The summed E-state index contributed by atoms with van der Waals surface area (Å²) in [6.07, 6.45) is -15.1. The topological polar surface area (TPSA) is 104 Å². The number of benzene rings is 1. The van der Waals surface area contributed by atoms with Crippen molar-refractivity contribution in [3.8, 4) is 6.07 Å². The van der Waals surface area contributed by atoms with Gasteiger partial charge in [-0.15, -0.1) is 0 Å². The van der Waals surface area contributed by atoms with Gasteiger partial charge in [0.2, 0.25) is 6.23 Å². The Morgan fingerprint density at radius 1 is 1.23 bits per heavy atom. The molecule has 1 heterocycles. The quantitative estimate of drug-likeness (QED) is 0.522. The van der Waals surface area contributed by atoms with Gasteiger partial charge in [0, 0.05) is 18.8 Å². The third-order valence-corrected chi connectivity index (χ3v) is 4.15. The number of carbonyl (C=O) groups is 2. The number of hydrogen-bond acceptors (Lipinski definition) is 6. The molecule has 0 bridgehead atoms. The lowest BCUT2D eigenvalue weighted by atomic mass is 10.1. The Balaban J connectivity index is 2.20. The molecule has 1 saturated heterocycles. The molecule has 0 aliphatic carbocycles. The van der Waals surface area contributed by atoms with Gasteiger partial charge in [-0.25, -0.2) is 4.79 Å². The van der Waals surface area contributed by atoms with E-state index in [4.69, 9.17) is 10.00 Å². The van der Waals surface area contributed by atoms with Crippen LogP contribution in [-0.4, -0.2) is 57.3 Å². The first-order valence-electron chi connectivity index (χ1n) is 8.58. The number of nitrogens with zero attached hydrogens (tertiary/aromatic N) is 2. The summed E-state index contributed by atoms with van der Waals surface area (Å²) in [5.41, 5.74) is -2.68. The van der Waals surface area contributed by atoms with Gasteiger partial charge >= 0.3 is 18.4 Å². The van der Waals surface area contributed by atoms with Gasteiger partial charge in [-0.1, -0.05) is 0 Å². The van der Waals surface area contributed by atoms with Crippen LogP contribution in [0.4, 0.5) is 36.8 Å². The van der Waals surface area contributed by atoms with Gasteiger partial charge in [-0.05, 0) is 18.2 Å². The molecule has 0 unspecified atom stereocenters. The van der Waals surface area contributed by atoms with E-state index < -0.39 is 60.0 Å². The SMILES string of the molecule is COC(=O)NCCNC(=O)[C@@H]1CN(c2ccc(C#N)c(C(F)(F)F)c2)[C@@H](C(F)(F)F)O1. The molecule has 8 nitrogen and oxygen atoms in total. The molecule has 1 aromatic carbocycles. The number of anilines is 1. The number of rotatable bonds is 5. The van der Waals surface area contributed by atoms with Crippen LogP contribution in [-0.2, 0) is 20.4 Å². The predicted molar refractivity (Wildman–Crippen MR) is 91.6 cm³/mol. The van der Waals surface area contributed by atoms with Crippen molar-refractivity contribution in [1.82, 2.24) is 10.6 Å². The molecule has 2 atom stereocenters. The summed E-state index contributed by atoms with van der Waals surface area (Å²) in [5.74, 6) is -0.951. The minimum absolute atomic E-state index is 0.0812. The van der Waals surface area contributed by atoms with Gasteiger partial charge in [0.15, 0.2) is 6.10 Å². The predicted octanol–water partition coefficient (Wildman–Crippen LogP) is 2.14. The lowest BCUT2D eigenvalue weighted by Gasteiger charge is -2.27. The molecule has 0 spiro atoms. The zero-order chi connectivity index (χ0) is 23.4. The number of carbonyl (C=O) groups excluding carboxylic acids is 2. The second-order valence-corrected chi connectivity index (χ2v) is 6.22. The smallest absolute Gasteiger partial charge is 0.433 e. The van der Waals surface area contributed by atoms with Crippen LogP contribution >= 0.6 is 0 Å². The average molecular weight is 454 g/mol. The fourth-order valence-corrected chi connectivity index (χ4v) is 2.77. The van der Waals surface area contributed by atoms with Gasteiger partial charge in [0.25, 0.3) is 5.91 Å². The third kappa shape index (κ3) is 5.91. The first-order chi connectivity index (χ1) is 14.4. The van der Waals surface area contributed by atoms with Crippen LogP contribution in [0.1, 0.15) is 11.1 Å². The molecule has 2 N–H and O–H groups in total. The van der Waals surface area contributed by atoms with Crippen molar-refractivity contribution in [3.63, 3.8) is 0 Å². The molecule has 0 aromatic heterocycles. The highest BCUT2D eigenvalue weighted by Crippen LogP contribution is 2.39. The number of alkyl halides is 6. The lowest BCUT2D eigenvalue weighted by Crippen LogP contribution is -2.42. The largest absolute Gasteiger partial charge is 0.453 e. The summed E-state index contributed by atoms with van der Waals surface area (Å²) >= 11 is 0. The van der Waals surface area contributed by atoms with Crippen LogP contribution in [0.5, 0.6) is 0 Å². The number of ether oxygens (including phenoxy) is 2. The van der Waals surface area contributed by atoms with E-state index in [1.165, 1.54) is 6.07 Å². The van der Waals surface area contributed by atoms with Gasteiger partial charge in [-0.2, -0.15) is 31.6 Å². The normalized spacial score (nSPS) is 19.0. The van der Waals surface area contributed by atoms with E-state index in [0.717, 1.165) is 19.2 Å². The fourth-order valence-electron chi connectivity index (χ4n) is 2.77. The maximum atomic E-state index is 13.4. The summed E-state index contributed by atoms with van der Waals surface area (Å²) in [6, 6.07) is 3.40. The Morgan fingerprint density at radius 3 is 2.42 bits per heavy atom. The molecule has 1 aliphatic heterocycles. The van der Waals surface area contributed by atoms with Crippen LogP contribution in [0.25, 0.3) is 0 Å². The molecule has 31 heavy (non-hydrogen) atoms. The average Bonchev–Trinajstić information content (AvgIpc) is 3.15. The summed E-state index contributed by atoms with van der Waals surface area (Å²) < 4.78 is 88.8. The van der Waals surface area contributed by atoms with Gasteiger partial charge in [-0.3, -0.25) is 4.79 Å². The molecule has 0 radical (unpaired) electrons. The van der Waals surface area contributed by atoms with Crippen molar-refractivity contribution in [2.45, 2.75) is 24.7 Å². The molecular weight excluding hydrogens is 438 g/mol. The van der Waals surface area contributed by atoms with E-state index in [2.05, 4.69) is 15.4 Å². The van der Waals surface area contributed by atoms with Crippen molar-refractivity contribution in [2.75, 3.05) is 31.6 Å². The summed E-state index contributed by atoms with van der Waals surface area (Å²) in [4.78, 5) is 23.5. The van der Waals surface area contributed by atoms with Gasteiger partial charge < -0.3 is 25.0 Å². The lowest BCUT2D eigenvalue weighted by molar-refractivity contribution is -0.213. The van der Waals surface area contributed by atoms with Crippen LogP contribution in [0, 0.1) is 11.3 Å². The van der Waals surface area contributed by atoms with Crippen LogP contribution in [0.2, 0.25) is 0 Å². The van der Waals surface area contributed by atoms with Crippen LogP contribution in [0.15, 0.2) is 18.2 Å². The highest BCUT2D eigenvalue weighted by Gasteiger charge is 2.52. The van der Waals surface area contributed by atoms with Crippen LogP contribution in [0.3, 0.4) is 0 Å². The van der Waals surface area contributed by atoms with E-state index in [9.17, 15) is 35.9 Å². The monoisotopic (exact) mass is 454 g/mol. The standard InChI is InChI=1S/C17H16F6N4O4/c1-30-15(29)26-5-4-25-13(28)12-8-27(14(31-12)17(21,22)23)10-3-2-9(7-24)11(6-10)16(18,19)20/h2-3,6,12,14H,4-5,8H2,1H3,(H,25,28)(H,26,29)/t12-,14+/m0/s1. The molecular formula is C17H16F6N4O4. The maximum absolute atomic E-state index is 13.4. The van der Waals surface area contributed by atoms with Crippen molar-refractivity contribution in [2.24, 2.45) is 0 Å².